The lowest BCUT2D eigenvalue weighted by Crippen LogP contribution is -1.87. The number of hydrogen-bond donors (Lipinski definition) is 0. The third-order valence-electron chi connectivity index (χ3n) is 4.15. The van der Waals surface area contributed by atoms with Gasteiger partial charge in [-0.3, -0.25) is 14.5 Å². The van der Waals surface area contributed by atoms with Crippen molar-refractivity contribution in [2.45, 2.75) is 0 Å². The molecule has 0 aliphatic rings. The Morgan fingerprint density at radius 3 is 2.42 bits per heavy atom. The van der Waals surface area contributed by atoms with Crippen LogP contribution in [0.5, 0.6) is 0 Å². The average molecular weight is 313 g/mol. The van der Waals surface area contributed by atoms with Crippen LogP contribution < -0.4 is 0 Å². The van der Waals surface area contributed by atoms with Crippen molar-refractivity contribution in [3.05, 3.63) is 72.8 Å². The van der Waals surface area contributed by atoms with Crippen LogP contribution in [-0.4, -0.2) is 21.1 Å². The summed E-state index contributed by atoms with van der Waals surface area (Å²) in [6.07, 6.45) is 8.37. The summed E-state index contributed by atoms with van der Waals surface area (Å²) >= 11 is 0. The molecule has 0 radical (unpaired) electrons. The van der Waals surface area contributed by atoms with Gasteiger partial charge in [0.25, 0.3) is 0 Å². The fraction of sp³-hybridized carbons (Fsp3) is 0.0500. The number of hydrogen-bond acceptors (Lipinski definition) is 3. The summed E-state index contributed by atoms with van der Waals surface area (Å²) < 4.78 is 1.79. The third kappa shape index (κ3) is 2.48. The Balaban J connectivity index is 1.81. The predicted octanol–water partition coefficient (Wildman–Crippen LogP) is 4.11. The van der Waals surface area contributed by atoms with Gasteiger partial charge in [0.1, 0.15) is 6.29 Å². The van der Waals surface area contributed by atoms with E-state index in [0.29, 0.717) is 5.56 Å². The quantitative estimate of drug-likeness (QED) is 0.535. The van der Waals surface area contributed by atoms with Gasteiger partial charge in [-0.1, -0.05) is 36.4 Å². The van der Waals surface area contributed by atoms with E-state index in [4.69, 9.17) is 0 Å². The minimum absolute atomic E-state index is 0.668. The van der Waals surface area contributed by atoms with Crippen molar-refractivity contribution in [1.82, 2.24) is 14.8 Å². The smallest absolute Gasteiger partial charge is 0.150 e. The van der Waals surface area contributed by atoms with Crippen molar-refractivity contribution in [3.63, 3.8) is 0 Å². The Bertz CT molecular complexity index is 1030. The maximum absolute atomic E-state index is 11.1. The van der Waals surface area contributed by atoms with E-state index in [1.165, 1.54) is 0 Å². The Kier molecular flexibility index (Phi) is 3.43. The normalized spacial score (nSPS) is 10.9. The van der Waals surface area contributed by atoms with E-state index in [9.17, 15) is 4.79 Å². The fourth-order valence-electron chi connectivity index (χ4n) is 2.90. The van der Waals surface area contributed by atoms with Gasteiger partial charge in [-0.15, -0.1) is 0 Å². The summed E-state index contributed by atoms with van der Waals surface area (Å²) in [6.45, 7) is 0. The Morgan fingerprint density at radius 2 is 1.71 bits per heavy atom. The SMILES string of the molecule is Cn1cc(-c2ccc(-c3cncc4ccc(C=O)cc34)cc2)cn1. The first-order chi connectivity index (χ1) is 11.7. The summed E-state index contributed by atoms with van der Waals surface area (Å²) in [5.74, 6) is 0. The molecular formula is C20H15N3O. The number of rotatable bonds is 3. The van der Waals surface area contributed by atoms with Crippen LogP contribution in [-0.2, 0) is 7.05 Å². The number of carbonyl (C=O) groups is 1. The minimum Gasteiger partial charge on any atom is -0.298 e. The van der Waals surface area contributed by atoms with Gasteiger partial charge in [0.2, 0.25) is 0 Å². The molecule has 0 N–H and O–H groups in total. The molecule has 2 aromatic carbocycles. The van der Waals surface area contributed by atoms with E-state index < -0.39 is 0 Å². The Morgan fingerprint density at radius 1 is 0.917 bits per heavy atom. The molecule has 4 rings (SSSR count). The molecule has 4 aromatic rings. The van der Waals surface area contributed by atoms with Gasteiger partial charge >= 0.3 is 0 Å². The van der Waals surface area contributed by atoms with Crippen molar-refractivity contribution in [2.75, 3.05) is 0 Å². The first kappa shape index (κ1) is 14.3. The topological polar surface area (TPSA) is 47.8 Å². The molecule has 24 heavy (non-hydrogen) atoms. The van der Waals surface area contributed by atoms with Crippen molar-refractivity contribution < 1.29 is 4.79 Å². The van der Waals surface area contributed by atoms with E-state index in [0.717, 1.165) is 39.3 Å². The minimum atomic E-state index is 0.668. The molecule has 0 unspecified atom stereocenters. The Labute approximate surface area is 139 Å². The maximum Gasteiger partial charge on any atom is 0.150 e. The van der Waals surface area contributed by atoms with Crippen molar-refractivity contribution in [3.8, 4) is 22.3 Å². The first-order valence-electron chi connectivity index (χ1n) is 7.67. The number of carbonyl (C=O) groups excluding carboxylic acids is 1. The lowest BCUT2D eigenvalue weighted by atomic mass is 9.98. The lowest BCUT2D eigenvalue weighted by Gasteiger charge is -2.08. The average Bonchev–Trinajstić information content (AvgIpc) is 3.07. The van der Waals surface area contributed by atoms with E-state index >= 15 is 0 Å². The van der Waals surface area contributed by atoms with Crippen LogP contribution in [0.4, 0.5) is 0 Å². The zero-order chi connectivity index (χ0) is 16.5. The second kappa shape index (κ2) is 5.74. The molecule has 0 aliphatic carbocycles. The van der Waals surface area contributed by atoms with Crippen LogP contribution >= 0.6 is 0 Å². The van der Waals surface area contributed by atoms with Crippen LogP contribution in [0.15, 0.2) is 67.3 Å². The third-order valence-corrected chi connectivity index (χ3v) is 4.15. The molecule has 0 fully saturated rings. The zero-order valence-corrected chi connectivity index (χ0v) is 13.2. The molecule has 0 atom stereocenters. The molecule has 116 valence electrons. The van der Waals surface area contributed by atoms with Crippen LogP contribution in [0.25, 0.3) is 33.0 Å². The van der Waals surface area contributed by atoms with Gasteiger partial charge < -0.3 is 0 Å². The van der Waals surface area contributed by atoms with Gasteiger partial charge in [-0.25, -0.2) is 0 Å². The van der Waals surface area contributed by atoms with Gasteiger partial charge in [0, 0.05) is 47.7 Å². The van der Waals surface area contributed by atoms with Crippen molar-refractivity contribution in [1.29, 1.82) is 0 Å². The highest BCUT2D eigenvalue weighted by atomic mass is 16.1. The van der Waals surface area contributed by atoms with Crippen molar-refractivity contribution in [2.24, 2.45) is 7.05 Å². The number of fused-ring (bicyclic) bond motifs is 1. The second-order valence-electron chi connectivity index (χ2n) is 5.77. The van der Waals surface area contributed by atoms with E-state index in [1.807, 2.05) is 50.0 Å². The van der Waals surface area contributed by atoms with E-state index in [-0.39, 0.29) is 0 Å². The molecular weight excluding hydrogens is 298 g/mol. The zero-order valence-electron chi connectivity index (χ0n) is 13.2. The predicted molar refractivity (Wildman–Crippen MR) is 94.8 cm³/mol. The molecule has 0 aliphatic heterocycles. The van der Waals surface area contributed by atoms with Gasteiger partial charge in [0.05, 0.1) is 6.20 Å². The molecule has 4 nitrogen and oxygen atoms in total. The molecule has 2 heterocycles. The van der Waals surface area contributed by atoms with Gasteiger partial charge in [-0.05, 0) is 22.6 Å². The van der Waals surface area contributed by atoms with Crippen LogP contribution in [0.2, 0.25) is 0 Å². The molecule has 0 bridgehead atoms. The summed E-state index contributed by atoms with van der Waals surface area (Å²) in [7, 11) is 1.91. The van der Waals surface area contributed by atoms with Gasteiger partial charge in [-0.2, -0.15) is 5.10 Å². The number of benzene rings is 2. The summed E-state index contributed by atoms with van der Waals surface area (Å²) in [6, 6.07) is 14.0. The van der Waals surface area contributed by atoms with Crippen molar-refractivity contribution >= 4 is 17.1 Å². The highest BCUT2D eigenvalue weighted by Crippen LogP contribution is 2.30. The summed E-state index contributed by atoms with van der Waals surface area (Å²) in [5, 5.41) is 6.26. The van der Waals surface area contributed by atoms with Crippen LogP contribution in [0.3, 0.4) is 0 Å². The number of nitrogens with zero attached hydrogens (tertiary/aromatic N) is 3. The standard InChI is InChI=1S/C20H15N3O/c1-23-12-18(10-22-23)15-4-6-16(7-5-15)20-11-21-9-17-3-2-14(13-24)8-19(17)20/h2-13H,1H3. The summed E-state index contributed by atoms with van der Waals surface area (Å²) in [4.78, 5) is 15.4. The lowest BCUT2D eigenvalue weighted by molar-refractivity contribution is 0.112. The van der Waals surface area contributed by atoms with Crippen LogP contribution in [0.1, 0.15) is 10.4 Å². The number of aryl methyl sites for hydroxylation is 1. The highest BCUT2D eigenvalue weighted by Gasteiger charge is 2.07. The van der Waals surface area contributed by atoms with Gasteiger partial charge in [0.15, 0.2) is 0 Å². The molecule has 0 saturated carbocycles. The highest BCUT2D eigenvalue weighted by molar-refractivity contribution is 5.98. The molecule has 4 heteroatoms. The molecule has 0 spiro atoms. The first-order valence-corrected chi connectivity index (χ1v) is 7.67. The second-order valence-corrected chi connectivity index (χ2v) is 5.77. The fourth-order valence-corrected chi connectivity index (χ4v) is 2.90. The van der Waals surface area contributed by atoms with E-state index in [2.05, 4.69) is 34.3 Å². The molecule has 0 amide bonds. The molecule has 2 aromatic heterocycles. The number of aromatic nitrogens is 3. The monoisotopic (exact) mass is 313 g/mol. The maximum atomic E-state index is 11.1. The number of pyridine rings is 1. The van der Waals surface area contributed by atoms with E-state index in [1.54, 1.807) is 4.68 Å². The summed E-state index contributed by atoms with van der Waals surface area (Å²) in [5.41, 5.74) is 4.97. The largest absolute Gasteiger partial charge is 0.298 e. The number of aldehydes is 1. The molecule has 0 saturated heterocycles. The van der Waals surface area contributed by atoms with Crippen LogP contribution in [0, 0.1) is 0 Å². The Hall–Kier alpha value is -3.27.